The zero-order valence-electron chi connectivity index (χ0n) is 6.46. The molecule has 0 bridgehead atoms. The van der Waals surface area contributed by atoms with Crippen molar-refractivity contribution in [3.8, 4) is 0 Å². The summed E-state index contributed by atoms with van der Waals surface area (Å²) in [5.74, 6) is -3.06. The molecule has 0 atom stereocenters. The molecule has 1 aromatic rings. The van der Waals surface area contributed by atoms with E-state index in [1.54, 1.807) is 0 Å². The van der Waals surface area contributed by atoms with E-state index in [0.29, 0.717) is 13.1 Å². The lowest BCUT2D eigenvalue weighted by atomic mass is 10.4. The highest BCUT2D eigenvalue weighted by atomic mass is 19.3. The first-order valence-electron chi connectivity index (χ1n) is 3.19. The van der Waals surface area contributed by atoms with Crippen molar-refractivity contribution in [1.82, 2.24) is 9.78 Å². The van der Waals surface area contributed by atoms with Crippen molar-refractivity contribution < 1.29 is 23.1 Å². The molecule has 0 aromatic carbocycles. The van der Waals surface area contributed by atoms with Gasteiger partial charge in [0.05, 0.1) is 6.20 Å². The van der Waals surface area contributed by atoms with Crippen LogP contribution in [0.1, 0.15) is 17.4 Å². The number of hydrogen-bond donors (Lipinski definition) is 1. The fourth-order valence-corrected chi connectivity index (χ4v) is 0.819. The van der Waals surface area contributed by atoms with Gasteiger partial charge < -0.3 is 5.11 Å². The molecule has 1 rings (SSSR count). The topological polar surface area (TPSA) is 55.1 Å². The van der Waals surface area contributed by atoms with E-state index in [1.165, 1.54) is 0 Å². The van der Waals surface area contributed by atoms with Crippen LogP contribution in [0.25, 0.3) is 0 Å². The van der Waals surface area contributed by atoms with Crippen molar-refractivity contribution in [2.45, 2.75) is 13.0 Å². The molecule has 0 aliphatic rings. The molecule has 0 unspecified atom stereocenters. The van der Waals surface area contributed by atoms with Gasteiger partial charge in [0.15, 0.2) is 11.5 Å². The number of aromatic nitrogens is 2. The molecule has 13 heavy (non-hydrogen) atoms. The Morgan fingerprint density at radius 1 is 1.69 bits per heavy atom. The second-order valence-corrected chi connectivity index (χ2v) is 2.40. The number of halogens is 3. The fourth-order valence-electron chi connectivity index (χ4n) is 0.819. The van der Waals surface area contributed by atoms with E-state index < -0.39 is 23.5 Å². The lowest BCUT2D eigenvalue weighted by molar-refractivity contribution is -0.0748. The average Bonchev–Trinajstić information content (AvgIpc) is 2.28. The van der Waals surface area contributed by atoms with Crippen molar-refractivity contribution >= 4 is 5.97 Å². The molecule has 0 aliphatic heterocycles. The van der Waals surface area contributed by atoms with Crippen molar-refractivity contribution in [2.75, 3.05) is 0 Å². The van der Waals surface area contributed by atoms with Crippen LogP contribution in [-0.2, 0) is 6.05 Å². The van der Waals surface area contributed by atoms with Crippen molar-refractivity contribution in [2.24, 2.45) is 0 Å². The summed E-state index contributed by atoms with van der Waals surface area (Å²) in [7, 11) is 0. The SMILES string of the molecule is CC(F)(F)n1ncc(F)c1C(=O)O. The highest BCUT2D eigenvalue weighted by molar-refractivity contribution is 5.85. The summed E-state index contributed by atoms with van der Waals surface area (Å²) >= 11 is 0. The second-order valence-electron chi connectivity index (χ2n) is 2.40. The van der Waals surface area contributed by atoms with Gasteiger partial charge in [-0.2, -0.15) is 18.6 Å². The average molecular weight is 194 g/mol. The highest BCUT2D eigenvalue weighted by Crippen LogP contribution is 2.21. The Bertz CT molecular complexity index is 342. The van der Waals surface area contributed by atoms with E-state index in [2.05, 4.69) is 5.10 Å². The van der Waals surface area contributed by atoms with E-state index in [0.717, 1.165) is 0 Å². The Morgan fingerprint density at radius 3 is 2.54 bits per heavy atom. The molecule has 7 heteroatoms. The van der Waals surface area contributed by atoms with Gasteiger partial charge in [-0.15, -0.1) is 0 Å². The van der Waals surface area contributed by atoms with Crippen molar-refractivity contribution in [3.05, 3.63) is 17.7 Å². The number of carboxylic acids is 1. The molecule has 1 heterocycles. The molecule has 0 radical (unpaired) electrons. The molecular formula is C6H5F3N2O2. The monoisotopic (exact) mass is 194 g/mol. The number of alkyl halides is 2. The summed E-state index contributed by atoms with van der Waals surface area (Å²) in [5.41, 5.74) is -1.15. The standard InChI is InChI=1S/C6H5F3N2O2/c1-6(8,9)11-4(5(12)13)3(7)2-10-11/h2H,1H3,(H,12,13). The third-order valence-corrected chi connectivity index (χ3v) is 1.30. The lowest BCUT2D eigenvalue weighted by Crippen LogP contribution is -2.24. The predicted octanol–water partition coefficient (Wildman–Crippen LogP) is 1.29. The van der Waals surface area contributed by atoms with Crippen LogP contribution in [-0.4, -0.2) is 20.9 Å². The van der Waals surface area contributed by atoms with E-state index in [1.807, 2.05) is 0 Å². The molecular weight excluding hydrogens is 189 g/mol. The molecule has 0 amide bonds. The maximum Gasteiger partial charge on any atom is 0.357 e. The Balaban J connectivity index is 3.31. The number of carbonyl (C=O) groups is 1. The number of nitrogens with zero attached hydrogens (tertiary/aromatic N) is 2. The van der Waals surface area contributed by atoms with E-state index in [9.17, 15) is 18.0 Å². The summed E-state index contributed by atoms with van der Waals surface area (Å²) in [6.07, 6.45) is 0.431. The van der Waals surface area contributed by atoms with Crippen LogP contribution in [0.2, 0.25) is 0 Å². The van der Waals surface area contributed by atoms with Crippen LogP contribution in [0.5, 0.6) is 0 Å². The van der Waals surface area contributed by atoms with Crippen LogP contribution in [0.15, 0.2) is 6.20 Å². The molecule has 1 aromatic heterocycles. The number of aromatic carboxylic acids is 1. The Morgan fingerprint density at radius 2 is 2.23 bits per heavy atom. The van der Waals surface area contributed by atoms with Gasteiger partial charge in [0, 0.05) is 6.92 Å². The number of carboxylic acid groups (broad SMARTS) is 1. The van der Waals surface area contributed by atoms with E-state index in [4.69, 9.17) is 5.11 Å². The normalized spacial score (nSPS) is 11.7. The van der Waals surface area contributed by atoms with Crippen LogP contribution >= 0.6 is 0 Å². The summed E-state index contributed by atoms with van der Waals surface area (Å²) in [4.78, 5) is 10.3. The van der Waals surface area contributed by atoms with Crippen LogP contribution < -0.4 is 0 Å². The van der Waals surface area contributed by atoms with Crippen LogP contribution in [0.3, 0.4) is 0 Å². The summed E-state index contributed by atoms with van der Waals surface area (Å²) in [6.45, 7) is 0.423. The summed E-state index contributed by atoms with van der Waals surface area (Å²) in [6, 6.07) is -3.53. The quantitative estimate of drug-likeness (QED) is 0.771. The maximum atomic E-state index is 12.6. The largest absolute Gasteiger partial charge is 0.476 e. The van der Waals surface area contributed by atoms with Crippen LogP contribution in [0.4, 0.5) is 13.2 Å². The van der Waals surface area contributed by atoms with Gasteiger partial charge in [0.2, 0.25) is 0 Å². The third-order valence-electron chi connectivity index (χ3n) is 1.30. The van der Waals surface area contributed by atoms with Gasteiger partial charge in [0.25, 0.3) is 0 Å². The highest BCUT2D eigenvalue weighted by Gasteiger charge is 2.32. The minimum atomic E-state index is -3.53. The zero-order valence-corrected chi connectivity index (χ0v) is 6.46. The van der Waals surface area contributed by atoms with Gasteiger partial charge in [-0.3, -0.25) is 0 Å². The molecule has 1 N–H and O–H groups in total. The molecule has 4 nitrogen and oxygen atoms in total. The van der Waals surface area contributed by atoms with Gasteiger partial charge in [-0.05, 0) is 0 Å². The van der Waals surface area contributed by atoms with E-state index >= 15 is 0 Å². The first-order valence-corrected chi connectivity index (χ1v) is 3.19. The van der Waals surface area contributed by atoms with Gasteiger partial charge >= 0.3 is 12.0 Å². The number of rotatable bonds is 2. The van der Waals surface area contributed by atoms with Crippen molar-refractivity contribution in [1.29, 1.82) is 0 Å². The second kappa shape index (κ2) is 2.75. The Kier molecular flexibility index (Phi) is 2.02. The minimum absolute atomic E-state index is 0.176. The molecule has 0 saturated carbocycles. The van der Waals surface area contributed by atoms with E-state index in [-0.39, 0.29) is 4.68 Å². The summed E-state index contributed by atoms with van der Waals surface area (Å²) in [5, 5.41) is 11.3. The fraction of sp³-hybridized carbons (Fsp3) is 0.333. The third kappa shape index (κ3) is 1.63. The van der Waals surface area contributed by atoms with Crippen molar-refractivity contribution in [3.63, 3.8) is 0 Å². The van der Waals surface area contributed by atoms with Gasteiger partial charge in [0.1, 0.15) is 0 Å². The Hall–Kier alpha value is -1.53. The Labute approximate surface area is 70.6 Å². The zero-order chi connectivity index (χ0) is 10.2. The van der Waals surface area contributed by atoms with Crippen LogP contribution in [0, 0.1) is 5.82 Å². The minimum Gasteiger partial charge on any atom is -0.476 e. The molecule has 0 aliphatic carbocycles. The smallest absolute Gasteiger partial charge is 0.357 e. The number of hydrogen-bond acceptors (Lipinski definition) is 2. The first-order chi connectivity index (χ1) is 5.84. The molecule has 72 valence electrons. The van der Waals surface area contributed by atoms with Gasteiger partial charge in [-0.25, -0.2) is 9.18 Å². The molecule has 0 fully saturated rings. The predicted molar refractivity (Wildman–Crippen MR) is 35.0 cm³/mol. The lowest BCUT2D eigenvalue weighted by Gasteiger charge is -2.11. The first kappa shape index (κ1) is 9.56. The molecule has 0 saturated heterocycles. The summed E-state index contributed by atoms with van der Waals surface area (Å²) < 4.78 is 37.5. The maximum absolute atomic E-state index is 12.6. The van der Waals surface area contributed by atoms with Gasteiger partial charge in [-0.1, -0.05) is 0 Å². The molecule has 0 spiro atoms.